The zero-order chi connectivity index (χ0) is 35.3. The van der Waals surface area contributed by atoms with Crippen LogP contribution in [0.1, 0.15) is 28.3 Å². The lowest BCUT2D eigenvalue weighted by atomic mass is 9.91. The Kier molecular flexibility index (Phi) is 8.79. The number of hydrogen-bond donors (Lipinski definition) is 2. The van der Waals surface area contributed by atoms with E-state index in [0.29, 0.717) is 0 Å². The molecule has 9 rings (SSSR count). The van der Waals surface area contributed by atoms with Crippen molar-refractivity contribution in [1.82, 2.24) is 19.9 Å². The van der Waals surface area contributed by atoms with E-state index in [4.69, 9.17) is 9.97 Å². The first-order chi connectivity index (χ1) is 25.3. The maximum atomic E-state index is 5.46. The minimum atomic E-state index is 0.855. The van der Waals surface area contributed by atoms with Crippen molar-refractivity contribution in [3.8, 4) is 33.4 Å². The molecule has 0 radical (unpaired) electrons. The monoisotopic (exact) mass is 926 g/mol. The van der Waals surface area contributed by atoms with Crippen LogP contribution in [0.5, 0.6) is 0 Å². The highest BCUT2D eigenvalue weighted by molar-refractivity contribution is 9.11. The molecule has 7 aromatic rings. The highest BCUT2D eigenvalue weighted by Crippen LogP contribution is 2.46. The first-order valence-electron chi connectivity index (χ1n) is 16.6. The van der Waals surface area contributed by atoms with E-state index in [9.17, 15) is 0 Å². The molecule has 2 aliphatic heterocycles. The topological polar surface area (TPSA) is 57.4 Å². The van der Waals surface area contributed by atoms with Gasteiger partial charge in [0.15, 0.2) is 0 Å². The summed E-state index contributed by atoms with van der Waals surface area (Å²) in [4.78, 5) is 18.0. The predicted molar refractivity (Wildman–Crippen MR) is 230 cm³/mol. The van der Waals surface area contributed by atoms with Gasteiger partial charge < -0.3 is 9.97 Å². The maximum absolute atomic E-state index is 5.46. The Morgan fingerprint density at radius 2 is 0.865 bits per heavy atom. The van der Waals surface area contributed by atoms with Crippen LogP contribution in [-0.4, -0.2) is 19.9 Å². The molecule has 5 heterocycles. The van der Waals surface area contributed by atoms with Gasteiger partial charge in [-0.05, 0) is 119 Å². The number of benzene rings is 4. The van der Waals surface area contributed by atoms with Crippen LogP contribution in [0.25, 0.3) is 79.2 Å². The zero-order valence-electron chi connectivity index (χ0n) is 27.3. The van der Waals surface area contributed by atoms with Gasteiger partial charge in [-0.2, -0.15) is 0 Å². The molecule has 0 atom stereocenters. The zero-order valence-corrected chi connectivity index (χ0v) is 33.6. The van der Waals surface area contributed by atoms with Crippen molar-refractivity contribution in [2.45, 2.75) is 0 Å². The summed E-state index contributed by atoms with van der Waals surface area (Å²) < 4.78 is 4.06. The molecule has 8 heteroatoms. The third-order valence-corrected chi connectivity index (χ3v) is 11.3. The lowest BCUT2D eigenvalue weighted by Crippen LogP contribution is -1.93. The van der Waals surface area contributed by atoms with Gasteiger partial charge in [-0.25, -0.2) is 9.97 Å². The second-order valence-electron chi connectivity index (χ2n) is 12.6. The normalized spacial score (nSPS) is 12.3. The fraction of sp³-hybridized carbons (Fsp3) is 0. The van der Waals surface area contributed by atoms with Gasteiger partial charge in [-0.1, -0.05) is 112 Å². The molecule has 0 fully saturated rings. The lowest BCUT2D eigenvalue weighted by Gasteiger charge is -2.13. The number of halogens is 4. The van der Waals surface area contributed by atoms with E-state index in [0.717, 1.165) is 107 Å². The van der Waals surface area contributed by atoms with Crippen molar-refractivity contribution in [2.24, 2.45) is 0 Å². The number of hydrogen-bond acceptors (Lipinski definition) is 2. The van der Waals surface area contributed by atoms with Crippen LogP contribution in [0, 0.1) is 0 Å². The number of H-pyrrole nitrogens is 2. The number of nitrogens with zero attached hydrogens (tertiary/aromatic N) is 2. The van der Waals surface area contributed by atoms with Gasteiger partial charge in [-0.15, -0.1) is 0 Å². The first kappa shape index (κ1) is 33.3. The van der Waals surface area contributed by atoms with E-state index < -0.39 is 0 Å². The third-order valence-electron chi connectivity index (χ3n) is 9.17. The molecule has 250 valence electrons. The summed E-state index contributed by atoms with van der Waals surface area (Å²) in [7, 11) is 0. The standard InChI is InChI=1S/C44H26Br4N4/c45-29-9-1-25(2-10-29)38-23-37-22-35-18-17-33(49-35)21-34-19-20-36(50-34)24-39-40(26-3-11-30(46)12-4-26)41(27-5-13-31(47)14-6-27)44(52-39)42(43(38)51-37)28-7-15-32(48)16-8-28/h1-24,49,52H. The molecule has 0 amide bonds. The number of aromatic nitrogens is 4. The highest BCUT2D eigenvalue weighted by atomic mass is 79.9. The SMILES string of the molecule is Brc1ccc(C2=Cc3cc4ccc(cc5nc(cc6[nH]c(c(-c7ccc(Br)cc7)c2n3)c(-c2ccc(Br)cc2)c6-c2ccc(Br)cc2)C=C5)[nH]4)cc1. The number of rotatable bonds is 4. The van der Waals surface area contributed by atoms with Crippen LogP contribution >= 0.6 is 63.7 Å². The molecule has 4 aromatic carbocycles. The number of nitrogens with one attached hydrogen (secondary N) is 2. The largest absolute Gasteiger partial charge is 0.355 e. The minimum absolute atomic E-state index is 0.855. The van der Waals surface area contributed by atoms with Gasteiger partial charge in [0.05, 0.1) is 28.3 Å². The Morgan fingerprint density at radius 1 is 0.404 bits per heavy atom. The Hall–Kier alpha value is -4.60. The lowest BCUT2D eigenvalue weighted by molar-refractivity contribution is 1.30. The molecule has 0 saturated heterocycles. The first-order valence-corrected chi connectivity index (χ1v) is 19.7. The van der Waals surface area contributed by atoms with E-state index in [-0.39, 0.29) is 0 Å². The Morgan fingerprint density at radius 3 is 1.42 bits per heavy atom. The fourth-order valence-electron chi connectivity index (χ4n) is 6.82. The molecule has 4 nitrogen and oxygen atoms in total. The molecule has 3 aromatic heterocycles. The van der Waals surface area contributed by atoms with Crippen molar-refractivity contribution < 1.29 is 0 Å². The molecule has 0 unspecified atom stereocenters. The van der Waals surface area contributed by atoms with Crippen molar-refractivity contribution in [2.75, 3.05) is 0 Å². The van der Waals surface area contributed by atoms with Crippen molar-refractivity contribution >= 4 is 110 Å². The van der Waals surface area contributed by atoms with Gasteiger partial charge in [0.25, 0.3) is 0 Å². The van der Waals surface area contributed by atoms with E-state index in [1.165, 1.54) is 0 Å². The van der Waals surface area contributed by atoms with Crippen LogP contribution in [0.15, 0.2) is 145 Å². The highest BCUT2D eigenvalue weighted by Gasteiger charge is 2.24. The van der Waals surface area contributed by atoms with Crippen LogP contribution in [0.3, 0.4) is 0 Å². The van der Waals surface area contributed by atoms with Crippen LogP contribution < -0.4 is 0 Å². The molecule has 0 spiro atoms. The molecule has 2 aliphatic rings. The van der Waals surface area contributed by atoms with E-state index in [2.05, 4.69) is 219 Å². The molecule has 2 N–H and O–H groups in total. The summed E-state index contributed by atoms with van der Waals surface area (Å²) in [6.45, 7) is 0. The predicted octanol–water partition coefficient (Wildman–Crippen LogP) is 14.1. The summed E-state index contributed by atoms with van der Waals surface area (Å²) in [6, 6.07) is 44.5. The molecule has 8 bridgehead atoms. The average Bonchev–Trinajstić information content (AvgIpc) is 3.95. The van der Waals surface area contributed by atoms with Gasteiger partial charge in [0.1, 0.15) is 0 Å². The van der Waals surface area contributed by atoms with Crippen LogP contribution in [-0.2, 0) is 0 Å². The third kappa shape index (κ3) is 6.49. The molecule has 0 aliphatic carbocycles. The number of fused-ring (bicyclic) bond motifs is 8. The van der Waals surface area contributed by atoms with E-state index in [1.54, 1.807) is 0 Å². The minimum Gasteiger partial charge on any atom is -0.355 e. The van der Waals surface area contributed by atoms with E-state index >= 15 is 0 Å². The second-order valence-corrected chi connectivity index (χ2v) is 16.3. The Bertz CT molecular complexity index is 2740. The summed E-state index contributed by atoms with van der Waals surface area (Å²) in [5, 5.41) is 0. The average molecular weight is 930 g/mol. The number of aromatic amines is 2. The van der Waals surface area contributed by atoms with Crippen LogP contribution in [0.4, 0.5) is 0 Å². The van der Waals surface area contributed by atoms with Crippen molar-refractivity contribution in [3.05, 3.63) is 174 Å². The van der Waals surface area contributed by atoms with Crippen molar-refractivity contribution in [1.29, 1.82) is 0 Å². The van der Waals surface area contributed by atoms with Gasteiger partial charge in [-0.3, -0.25) is 0 Å². The Labute approximate surface area is 334 Å². The van der Waals surface area contributed by atoms with Crippen LogP contribution in [0.2, 0.25) is 0 Å². The van der Waals surface area contributed by atoms with E-state index in [1.807, 2.05) is 0 Å². The van der Waals surface area contributed by atoms with Crippen molar-refractivity contribution in [3.63, 3.8) is 0 Å². The molecular weight excluding hydrogens is 904 g/mol. The fourth-order valence-corrected chi connectivity index (χ4v) is 7.88. The summed E-state index contributed by atoms with van der Waals surface area (Å²) in [6.07, 6.45) is 6.32. The Balaban J connectivity index is 1.53. The summed E-state index contributed by atoms with van der Waals surface area (Å²) in [5.74, 6) is 0. The maximum Gasteiger partial charge on any atom is 0.0815 e. The van der Waals surface area contributed by atoms with Gasteiger partial charge >= 0.3 is 0 Å². The summed E-state index contributed by atoms with van der Waals surface area (Å²) in [5.41, 5.74) is 15.8. The molecule has 0 saturated carbocycles. The second kappa shape index (κ2) is 13.7. The molecule has 52 heavy (non-hydrogen) atoms. The van der Waals surface area contributed by atoms with Gasteiger partial charge in [0, 0.05) is 56.7 Å². The summed E-state index contributed by atoms with van der Waals surface area (Å²) >= 11 is 14.7. The smallest absolute Gasteiger partial charge is 0.0815 e. The quantitative estimate of drug-likeness (QED) is 0.185. The van der Waals surface area contributed by atoms with Gasteiger partial charge in [0.2, 0.25) is 0 Å². The molecular formula is C44H26Br4N4.